The number of hydrogen-bond donors (Lipinski definition) is 0. The van der Waals surface area contributed by atoms with E-state index in [1.165, 1.54) is 38.5 Å². The van der Waals surface area contributed by atoms with E-state index in [4.69, 9.17) is 4.74 Å². The SMILES string of the molecule is CCOc1ccc(-c2cnc(CC[C@H]3CC[C@H](CC)CC3)nc2)cc1. The van der Waals surface area contributed by atoms with Gasteiger partial charge in [-0.05, 0) is 42.9 Å². The molecule has 1 aromatic carbocycles. The molecular formula is C22H30N2O. The standard InChI is InChI=1S/C22H30N2O/c1-3-17-5-7-18(8-6-17)9-14-22-23-15-20(16-24-22)19-10-12-21(13-11-19)25-4-2/h10-13,15-18H,3-9,14H2,1-2H3/t17-,18-. The van der Waals surface area contributed by atoms with Crippen LogP contribution in [0.1, 0.15) is 58.2 Å². The van der Waals surface area contributed by atoms with Gasteiger partial charge in [-0.1, -0.05) is 51.2 Å². The largest absolute Gasteiger partial charge is 0.494 e. The summed E-state index contributed by atoms with van der Waals surface area (Å²) < 4.78 is 5.49. The van der Waals surface area contributed by atoms with Gasteiger partial charge in [0.05, 0.1) is 6.61 Å². The third kappa shape index (κ3) is 5.04. The van der Waals surface area contributed by atoms with Crippen LogP contribution in [0.4, 0.5) is 0 Å². The Morgan fingerprint density at radius 3 is 2.12 bits per heavy atom. The molecule has 25 heavy (non-hydrogen) atoms. The van der Waals surface area contributed by atoms with Gasteiger partial charge < -0.3 is 4.74 Å². The number of nitrogens with zero attached hydrogens (tertiary/aromatic N) is 2. The van der Waals surface area contributed by atoms with E-state index in [1.54, 1.807) is 0 Å². The Hall–Kier alpha value is -1.90. The van der Waals surface area contributed by atoms with Crippen LogP contribution in [0.2, 0.25) is 0 Å². The van der Waals surface area contributed by atoms with Gasteiger partial charge in [0.15, 0.2) is 0 Å². The molecule has 0 radical (unpaired) electrons. The van der Waals surface area contributed by atoms with E-state index in [-0.39, 0.29) is 0 Å². The Kier molecular flexibility index (Phi) is 6.43. The van der Waals surface area contributed by atoms with Crippen LogP contribution < -0.4 is 4.74 Å². The molecule has 1 aliphatic carbocycles. The van der Waals surface area contributed by atoms with Gasteiger partial charge in [0.1, 0.15) is 11.6 Å². The molecule has 0 atom stereocenters. The van der Waals surface area contributed by atoms with Crippen molar-refractivity contribution in [2.24, 2.45) is 11.8 Å². The molecule has 3 heteroatoms. The van der Waals surface area contributed by atoms with Crippen LogP contribution in [0, 0.1) is 11.8 Å². The molecule has 1 saturated carbocycles. The molecule has 1 fully saturated rings. The van der Waals surface area contributed by atoms with E-state index in [2.05, 4.69) is 29.0 Å². The summed E-state index contributed by atoms with van der Waals surface area (Å²) in [4.78, 5) is 9.17. The molecule has 0 saturated heterocycles. The minimum atomic E-state index is 0.692. The van der Waals surface area contributed by atoms with Crippen LogP contribution in [-0.2, 0) is 6.42 Å². The average Bonchev–Trinajstić information content (AvgIpc) is 2.68. The highest BCUT2D eigenvalue weighted by Gasteiger charge is 2.19. The molecule has 3 nitrogen and oxygen atoms in total. The Morgan fingerprint density at radius 2 is 1.52 bits per heavy atom. The normalized spacial score (nSPS) is 20.4. The van der Waals surface area contributed by atoms with Crippen molar-refractivity contribution in [2.75, 3.05) is 6.61 Å². The second-order valence-electron chi connectivity index (χ2n) is 7.18. The third-order valence-corrected chi connectivity index (χ3v) is 5.52. The second kappa shape index (κ2) is 8.98. The lowest BCUT2D eigenvalue weighted by Gasteiger charge is -2.27. The van der Waals surface area contributed by atoms with Gasteiger partial charge in [-0.25, -0.2) is 9.97 Å². The van der Waals surface area contributed by atoms with Gasteiger partial charge in [0.2, 0.25) is 0 Å². The minimum absolute atomic E-state index is 0.692. The van der Waals surface area contributed by atoms with Crippen molar-refractivity contribution in [3.63, 3.8) is 0 Å². The molecule has 1 aromatic heterocycles. The number of hydrogen-bond acceptors (Lipinski definition) is 3. The third-order valence-electron chi connectivity index (χ3n) is 5.52. The molecule has 134 valence electrons. The molecule has 0 amide bonds. The van der Waals surface area contributed by atoms with Crippen molar-refractivity contribution in [3.05, 3.63) is 42.5 Å². The number of rotatable bonds is 7. The molecule has 3 rings (SSSR count). The van der Waals surface area contributed by atoms with Gasteiger partial charge in [-0.15, -0.1) is 0 Å². The molecular weight excluding hydrogens is 308 g/mol. The van der Waals surface area contributed by atoms with Gasteiger partial charge >= 0.3 is 0 Å². The lowest BCUT2D eigenvalue weighted by molar-refractivity contribution is 0.258. The first-order chi connectivity index (χ1) is 12.3. The van der Waals surface area contributed by atoms with E-state index < -0.39 is 0 Å². The predicted molar refractivity (Wildman–Crippen MR) is 103 cm³/mol. The number of aryl methyl sites for hydroxylation is 1. The number of ether oxygens (including phenoxy) is 1. The highest BCUT2D eigenvalue weighted by molar-refractivity contribution is 5.62. The first kappa shape index (κ1) is 17.9. The fourth-order valence-electron chi connectivity index (χ4n) is 3.80. The maximum Gasteiger partial charge on any atom is 0.128 e. The fourth-order valence-corrected chi connectivity index (χ4v) is 3.80. The van der Waals surface area contributed by atoms with E-state index in [9.17, 15) is 0 Å². The quantitative estimate of drug-likeness (QED) is 0.650. The van der Waals surface area contributed by atoms with Crippen LogP contribution >= 0.6 is 0 Å². The summed E-state index contributed by atoms with van der Waals surface area (Å²) in [5, 5.41) is 0. The van der Waals surface area contributed by atoms with Gasteiger partial charge in [-0.3, -0.25) is 0 Å². The van der Waals surface area contributed by atoms with E-state index in [0.29, 0.717) is 6.61 Å². The summed E-state index contributed by atoms with van der Waals surface area (Å²) in [6.45, 7) is 5.01. The first-order valence-electron chi connectivity index (χ1n) is 9.82. The zero-order valence-corrected chi connectivity index (χ0v) is 15.6. The summed E-state index contributed by atoms with van der Waals surface area (Å²) >= 11 is 0. The Morgan fingerprint density at radius 1 is 0.880 bits per heavy atom. The fraction of sp³-hybridized carbons (Fsp3) is 0.545. The predicted octanol–water partition coefficient (Wildman–Crippen LogP) is 5.69. The lowest BCUT2D eigenvalue weighted by atomic mass is 9.79. The number of aromatic nitrogens is 2. The Bertz CT molecular complexity index is 628. The zero-order chi connectivity index (χ0) is 17.5. The van der Waals surface area contributed by atoms with Crippen LogP contribution in [0.15, 0.2) is 36.7 Å². The van der Waals surface area contributed by atoms with Crippen molar-refractivity contribution in [3.8, 4) is 16.9 Å². The first-order valence-corrected chi connectivity index (χ1v) is 9.82. The molecule has 0 spiro atoms. The average molecular weight is 338 g/mol. The molecule has 0 bridgehead atoms. The van der Waals surface area contributed by atoms with Crippen molar-refractivity contribution >= 4 is 0 Å². The highest BCUT2D eigenvalue weighted by Crippen LogP contribution is 2.32. The smallest absolute Gasteiger partial charge is 0.128 e. The second-order valence-corrected chi connectivity index (χ2v) is 7.18. The zero-order valence-electron chi connectivity index (χ0n) is 15.6. The summed E-state index contributed by atoms with van der Waals surface area (Å²) in [5.74, 6) is 3.73. The summed E-state index contributed by atoms with van der Waals surface area (Å²) in [6, 6.07) is 8.13. The molecule has 1 aliphatic rings. The van der Waals surface area contributed by atoms with Gasteiger partial charge in [-0.2, -0.15) is 0 Å². The maximum atomic E-state index is 5.49. The lowest BCUT2D eigenvalue weighted by Crippen LogP contribution is -2.15. The summed E-state index contributed by atoms with van der Waals surface area (Å²) in [6.07, 6.45) is 13.1. The monoisotopic (exact) mass is 338 g/mol. The van der Waals surface area contributed by atoms with Crippen LogP contribution in [-0.4, -0.2) is 16.6 Å². The summed E-state index contributed by atoms with van der Waals surface area (Å²) in [7, 11) is 0. The Labute approximate surface area is 151 Å². The Balaban J connectivity index is 1.52. The van der Waals surface area contributed by atoms with Gasteiger partial charge in [0, 0.05) is 24.4 Å². The van der Waals surface area contributed by atoms with Crippen molar-refractivity contribution in [2.45, 2.75) is 58.8 Å². The van der Waals surface area contributed by atoms with Crippen molar-refractivity contribution in [1.82, 2.24) is 9.97 Å². The molecule has 0 unspecified atom stereocenters. The van der Waals surface area contributed by atoms with Crippen molar-refractivity contribution in [1.29, 1.82) is 0 Å². The molecule has 0 N–H and O–H groups in total. The maximum absolute atomic E-state index is 5.49. The van der Waals surface area contributed by atoms with Crippen LogP contribution in [0.25, 0.3) is 11.1 Å². The van der Waals surface area contributed by atoms with E-state index in [1.807, 2.05) is 31.5 Å². The highest BCUT2D eigenvalue weighted by atomic mass is 16.5. The van der Waals surface area contributed by atoms with Crippen LogP contribution in [0.3, 0.4) is 0 Å². The van der Waals surface area contributed by atoms with E-state index in [0.717, 1.165) is 41.0 Å². The molecule has 1 heterocycles. The topological polar surface area (TPSA) is 35.0 Å². The summed E-state index contributed by atoms with van der Waals surface area (Å²) in [5.41, 5.74) is 2.20. The van der Waals surface area contributed by atoms with Gasteiger partial charge in [0.25, 0.3) is 0 Å². The van der Waals surface area contributed by atoms with E-state index >= 15 is 0 Å². The molecule has 2 aromatic rings. The minimum Gasteiger partial charge on any atom is -0.494 e. The number of benzene rings is 1. The van der Waals surface area contributed by atoms with Crippen molar-refractivity contribution < 1.29 is 4.74 Å². The van der Waals surface area contributed by atoms with Crippen LogP contribution in [0.5, 0.6) is 5.75 Å². The molecule has 0 aliphatic heterocycles.